The third-order valence-corrected chi connectivity index (χ3v) is 10.4. The molecule has 0 aliphatic rings. The molecule has 0 aliphatic carbocycles. The summed E-state index contributed by atoms with van der Waals surface area (Å²) in [5.74, 6) is 0.888. The second-order valence-corrected chi connectivity index (χ2v) is 13.6. The van der Waals surface area contributed by atoms with Crippen molar-refractivity contribution in [2.45, 2.75) is 141 Å². The Hall–Kier alpha value is 0.117. The fourth-order valence-corrected chi connectivity index (χ4v) is 6.91. The van der Waals surface area contributed by atoms with Gasteiger partial charge in [0.05, 0.1) is 0 Å². The molecule has 4 nitrogen and oxygen atoms in total. The minimum Gasteiger partial charge on any atom is -0.377 e. The molecule has 0 unspecified atom stereocenters. The fourth-order valence-electron chi connectivity index (χ4n) is 4.25. The molecule has 0 aromatic carbocycles. The summed E-state index contributed by atoms with van der Waals surface area (Å²) in [7, 11) is 2.50. The van der Waals surface area contributed by atoms with Crippen molar-refractivity contribution in [2.24, 2.45) is 0 Å². The number of hydrogen-bond donors (Lipinski definition) is 0. The highest BCUT2D eigenvalue weighted by atomic mass is 32.2. The van der Waals surface area contributed by atoms with Gasteiger partial charge in [0.25, 0.3) is 0 Å². The van der Waals surface area contributed by atoms with Crippen LogP contribution >= 0.6 is 11.8 Å². The Morgan fingerprint density at radius 2 is 0.970 bits per heavy atom. The van der Waals surface area contributed by atoms with Crippen LogP contribution in [0.5, 0.6) is 0 Å². The van der Waals surface area contributed by atoms with Crippen LogP contribution in [-0.4, -0.2) is 41.0 Å². The molecular formula is C27H56O4SSi. The van der Waals surface area contributed by atoms with Gasteiger partial charge in [-0.2, -0.15) is 0 Å². The number of carbonyl (C=O) groups excluding carboxylic acids is 1. The van der Waals surface area contributed by atoms with E-state index in [1.807, 2.05) is 0 Å². The van der Waals surface area contributed by atoms with Crippen molar-refractivity contribution in [1.29, 1.82) is 0 Å². The normalized spacial score (nSPS) is 11.9. The van der Waals surface area contributed by atoms with Crippen LogP contribution < -0.4 is 0 Å². The van der Waals surface area contributed by atoms with Gasteiger partial charge in [0.1, 0.15) is 0 Å². The third kappa shape index (κ3) is 21.1. The van der Waals surface area contributed by atoms with E-state index in [9.17, 15) is 4.79 Å². The molecule has 0 heterocycles. The van der Waals surface area contributed by atoms with Gasteiger partial charge in [-0.15, -0.1) is 0 Å². The largest absolute Gasteiger partial charge is 0.500 e. The van der Waals surface area contributed by atoms with E-state index in [0.29, 0.717) is 5.12 Å². The molecule has 0 fully saturated rings. The summed E-state index contributed by atoms with van der Waals surface area (Å²) in [6.45, 7) is 2.29. The first-order chi connectivity index (χ1) is 16.1. The number of thioether (sulfide) groups is 1. The van der Waals surface area contributed by atoms with Crippen molar-refractivity contribution >= 4 is 25.7 Å². The van der Waals surface area contributed by atoms with Crippen LogP contribution in [0.15, 0.2) is 0 Å². The zero-order valence-electron chi connectivity index (χ0n) is 22.6. The first-order valence-corrected chi connectivity index (χ1v) is 16.9. The van der Waals surface area contributed by atoms with E-state index >= 15 is 0 Å². The lowest BCUT2D eigenvalue weighted by Gasteiger charge is -2.24. The summed E-state index contributed by atoms with van der Waals surface area (Å²) < 4.78 is 16.3. The van der Waals surface area contributed by atoms with Gasteiger partial charge in [-0.1, -0.05) is 121 Å². The summed E-state index contributed by atoms with van der Waals surface area (Å²) in [5, 5.41) is 0.352. The fraction of sp³-hybridized carbons (Fsp3) is 0.963. The van der Waals surface area contributed by atoms with Crippen LogP contribution in [0.3, 0.4) is 0 Å². The number of unbranched alkanes of at least 4 members (excludes halogenated alkanes) is 17. The summed E-state index contributed by atoms with van der Waals surface area (Å²) in [4.78, 5) is 12.0. The van der Waals surface area contributed by atoms with Crippen LogP contribution in [-0.2, 0) is 18.1 Å². The Morgan fingerprint density at radius 3 is 1.36 bits per heavy atom. The van der Waals surface area contributed by atoms with Crippen molar-refractivity contribution in [3.63, 3.8) is 0 Å². The van der Waals surface area contributed by atoms with Crippen LogP contribution in [0.25, 0.3) is 0 Å². The van der Waals surface area contributed by atoms with Gasteiger partial charge in [0.15, 0.2) is 5.12 Å². The summed E-state index contributed by atoms with van der Waals surface area (Å²) in [6.07, 6.45) is 26.1. The average Bonchev–Trinajstić information content (AvgIpc) is 2.83. The summed E-state index contributed by atoms with van der Waals surface area (Å²) >= 11 is 1.49. The molecule has 0 radical (unpaired) electrons. The van der Waals surface area contributed by atoms with Crippen LogP contribution in [0, 0.1) is 0 Å². The van der Waals surface area contributed by atoms with E-state index in [1.165, 1.54) is 114 Å². The van der Waals surface area contributed by atoms with Gasteiger partial charge < -0.3 is 13.3 Å². The van der Waals surface area contributed by atoms with E-state index in [-0.39, 0.29) is 0 Å². The third-order valence-electron chi connectivity index (χ3n) is 6.56. The minimum absolute atomic E-state index is 0.352. The Morgan fingerprint density at radius 1 is 0.576 bits per heavy atom. The van der Waals surface area contributed by atoms with Crippen molar-refractivity contribution < 1.29 is 18.1 Å². The molecule has 0 aromatic heterocycles. The molecule has 0 N–H and O–H groups in total. The maximum absolute atomic E-state index is 12.0. The second-order valence-electron chi connectivity index (χ2n) is 9.38. The maximum Gasteiger partial charge on any atom is 0.500 e. The predicted molar refractivity (Wildman–Crippen MR) is 147 cm³/mol. The first kappa shape index (κ1) is 33.1. The van der Waals surface area contributed by atoms with Crippen LogP contribution in [0.4, 0.5) is 0 Å². The molecule has 0 amide bonds. The number of rotatable bonds is 26. The zero-order valence-corrected chi connectivity index (χ0v) is 24.4. The van der Waals surface area contributed by atoms with E-state index in [4.69, 9.17) is 13.3 Å². The lowest BCUT2D eigenvalue weighted by molar-refractivity contribution is -0.111. The quantitative estimate of drug-likeness (QED) is 0.0868. The first-order valence-electron chi connectivity index (χ1n) is 13.9. The smallest absolute Gasteiger partial charge is 0.377 e. The van der Waals surface area contributed by atoms with Crippen molar-refractivity contribution in [1.82, 2.24) is 0 Å². The predicted octanol–water partition coefficient (Wildman–Crippen LogP) is 8.95. The van der Waals surface area contributed by atoms with Crippen molar-refractivity contribution in [3.8, 4) is 0 Å². The molecule has 33 heavy (non-hydrogen) atoms. The van der Waals surface area contributed by atoms with E-state index in [1.54, 1.807) is 21.3 Å². The second kappa shape index (κ2) is 25.2. The monoisotopic (exact) mass is 504 g/mol. The highest BCUT2D eigenvalue weighted by molar-refractivity contribution is 8.13. The average molecular weight is 505 g/mol. The van der Waals surface area contributed by atoms with Gasteiger partial charge in [0.2, 0.25) is 0 Å². The highest BCUT2D eigenvalue weighted by Gasteiger charge is 2.36. The zero-order chi connectivity index (χ0) is 24.5. The molecule has 0 saturated carbocycles. The number of carbonyl (C=O) groups is 1. The Balaban J connectivity index is 3.30. The van der Waals surface area contributed by atoms with Gasteiger partial charge >= 0.3 is 8.80 Å². The molecule has 0 spiro atoms. The topological polar surface area (TPSA) is 44.8 Å². The van der Waals surface area contributed by atoms with E-state index in [0.717, 1.165) is 37.5 Å². The molecule has 0 rings (SSSR count). The van der Waals surface area contributed by atoms with Gasteiger partial charge in [-0.05, 0) is 19.3 Å². The molecule has 198 valence electrons. The lowest BCUT2D eigenvalue weighted by Crippen LogP contribution is -2.42. The molecule has 0 atom stereocenters. The molecule has 0 saturated heterocycles. The highest BCUT2D eigenvalue weighted by Crippen LogP contribution is 2.19. The van der Waals surface area contributed by atoms with Gasteiger partial charge in [0, 0.05) is 39.5 Å². The SMILES string of the molecule is CCCCCCCCCCCCCCCCCCCC(=O)SCCCC[Si](OC)(OC)OC. The van der Waals surface area contributed by atoms with E-state index in [2.05, 4.69) is 6.92 Å². The summed E-state index contributed by atoms with van der Waals surface area (Å²) in [6, 6.07) is 0.810. The standard InChI is InChI=1S/C27H56O4SSi/c1-5-6-7-8-9-10-11-12-13-14-15-16-17-18-19-20-21-24-27(28)32-25-22-23-26-33(29-2,30-3)31-4/h5-26H2,1-4H3. The van der Waals surface area contributed by atoms with Gasteiger partial charge in [-0.3, -0.25) is 4.79 Å². The lowest BCUT2D eigenvalue weighted by atomic mass is 10.0. The molecular weight excluding hydrogens is 448 g/mol. The van der Waals surface area contributed by atoms with Gasteiger partial charge in [-0.25, -0.2) is 0 Å². The maximum atomic E-state index is 12.0. The summed E-state index contributed by atoms with van der Waals surface area (Å²) in [5.41, 5.74) is 0. The number of hydrogen-bond acceptors (Lipinski definition) is 5. The molecule has 0 aromatic rings. The van der Waals surface area contributed by atoms with Crippen LogP contribution in [0.2, 0.25) is 6.04 Å². The molecule has 0 aliphatic heterocycles. The van der Waals surface area contributed by atoms with Crippen molar-refractivity contribution in [2.75, 3.05) is 27.1 Å². The Kier molecular flexibility index (Phi) is 25.3. The molecule has 6 heteroatoms. The Bertz CT molecular complexity index is 411. The van der Waals surface area contributed by atoms with Crippen LogP contribution in [0.1, 0.15) is 135 Å². The van der Waals surface area contributed by atoms with E-state index < -0.39 is 8.80 Å². The molecule has 0 bridgehead atoms. The minimum atomic E-state index is -2.45. The Labute approximate surface area is 212 Å². The van der Waals surface area contributed by atoms with Crippen molar-refractivity contribution in [3.05, 3.63) is 0 Å².